The van der Waals surface area contributed by atoms with E-state index in [9.17, 15) is 24.0 Å². The lowest BCUT2D eigenvalue weighted by Gasteiger charge is -2.43. The molecule has 5 aromatic carbocycles. The van der Waals surface area contributed by atoms with Crippen molar-refractivity contribution in [3.8, 4) is 11.1 Å². The number of fused-ring (bicyclic) bond motifs is 3. The minimum Gasteiger partial charge on any atom is -0.448 e. The Labute approximate surface area is 419 Å². The Morgan fingerprint density at radius 2 is 1.28 bits per heavy atom. The molecule has 0 radical (unpaired) electrons. The van der Waals surface area contributed by atoms with Gasteiger partial charge in [0.1, 0.15) is 24.3 Å². The van der Waals surface area contributed by atoms with Crippen LogP contribution in [0.3, 0.4) is 0 Å². The number of urea groups is 1. The SMILES string of the molecule is CC(C)[C@H](NC(=O)OC(C)(C)C)C(=O)N[C@@H](CCCNC(N)=O)C(=O)Nc1ccc(CO[Si](c2ccccc2)(c2ccccc2)C(C)(C)C)c(CN(C)C(=O)OCC2c3ccccc3-c3ccccc32)c1. The van der Waals surface area contributed by atoms with Crippen molar-refractivity contribution < 1.29 is 37.9 Å². The summed E-state index contributed by atoms with van der Waals surface area (Å²) >= 11 is 0. The van der Waals surface area contributed by atoms with Crippen molar-refractivity contribution >= 4 is 54.4 Å². The number of rotatable bonds is 19. The number of nitrogens with zero attached hydrogens (tertiary/aromatic N) is 1. The van der Waals surface area contributed by atoms with E-state index in [4.69, 9.17) is 19.6 Å². The molecule has 6 N–H and O–H groups in total. The molecule has 0 saturated heterocycles. The molecule has 0 heterocycles. The lowest BCUT2D eigenvalue weighted by Crippen LogP contribution is -2.66. The lowest BCUT2D eigenvalue weighted by molar-refractivity contribution is -0.128. The van der Waals surface area contributed by atoms with Gasteiger partial charge in [0, 0.05) is 31.7 Å². The number of benzene rings is 5. The van der Waals surface area contributed by atoms with Crippen LogP contribution in [0, 0.1) is 5.92 Å². The van der Waals surface area contributed by atoms with Crippen molar-refractivity contribution in [2.45, 2.75) is 110 Å². The normalized spacial score (nSPS) is 13.3. The zero-order valence-corrected chi connectivity index (χ0v) is 43.5. The fourth-order valence-corrected chi connectivity index (χ4v) is 13.7. The first-order valence-corrected chi connectivity index (χ1v) is 26.2. The number of primary amides is 1. The van der Waals surface area contributed by atoms with Gasteiger partial charge in [-0.15, -0.1) is 0 Å². The summed E-state index contributed by atoms with van der Waals surface area (Å²) in [6.45, 7) is 15.9. The lowest BCUT2D eigenvalue weighted by atomic mass is 9.98. The summed E-state index contributed by atoms with van der Waals surface area (Å²) in [7, 11) is -1.34. The fourth-order valence-electron chi connectivity index (χ4n) is 9.21. The molecule has 2 atom stereocenters. The average molecular weight is 983 g/mol. The zero-order chi connectivity index (χ0) is 51.5. The van der Waals surface area contributed by atoms with E-state index < -0.39 is 56.0 Å². The first kappa shape index (κ1) is 53.4. The van der Waals surface area contributed by atoms with Gasteiger partial charge in [-0.1, -0.05) is 150 Å². The van der Waals surface area contributed by atoms with Crippen LogP contribution in [-0.2, 0) is 36.6 Å². The Morgan fingerprint density at radius 3 is 1.82 bits per heavy atom. The molecule has 5 aromatic rings. The molecule has 71 heavy (non-hydrogen) atoms. The Kier molecular flexibility index (Phi) is 17.5. The van der Waals surface area contributed by atoms with Gasteiger partial charge in [0.05, 0.1) is 6.61 Å². The Bertz CT molecular complexity index is 2560. The molecule has 376 valence electrons. The summed E-state index contributed by atoms with van der Waals surface area (Å²) in [5, 5.41) is 12.9. The van der Waals surface area contributed by atoms with Crippen molar-refractivity contribution in [3.05, 3.63) is 150 Å². The number of alkyl carbamates (subject to hydrolysis) is 1. The van der Waals surface area contributed by atoms with Gasteiger partial charge < -0.3 is 45.8 Å². The molecule has 6 amide bonds. The van der Waals surface area contributed by atoms with E-state index in [-0.39, 0.29) is 49.6 Å². The quantitative estimate of drug-likeness (QED) is 0.0402. The molecule has 0 bridgehead atoms. The Balaban J connectivity index is 1.30. The highest BCUT2D eigenvalue weighted by Crippen LogP contribution is 2.44. The van der Waals surface area contributed by atoms with E-state index in [2.05, 4.69) is 90.6 Å². The van der Waals surface area contributed by atoms with Crippen LogP contribution < -0.4 is 37.4 Å². The maximum absolute atomic E-state index is 14.3. The number of amides is 6. The van der Waals surface area contributed by atoms with E-state index in [1.54, 1.807) is 47.7 Å². The summed E-state index contributed by atoms with van der Waals surface area (Å²) in [6.07, 6.45) is -0.876. The highest BCUT2D eigenvalue weighted by atomic mass is 28.4. The van der Waals surface area contributed by atoms with Crippen LogP contribution in [0.4, 0.5) is 20.1 Å². The molecular weight excluding hydrogens is 913 g/mol. The van der Waals surface area contributed by atoms with Crippen molar-refractivity contribution in [2.75, 3.05) is 25.5 Å². The average Bonchev–Trinajstić information content (AvgIpc) is 3.64. The van der Waals surface area contributed by atoms with Crippen LogP contribution in [0.2, 0.25) is 5.04 Å². The zero-order valence-electron chi connectivity index (χ0n) is 42.5. The molecule has 15 heteroatoms. The second-order valence-electron chi connectivity index (χ2n) is 20.4. The third-order valence-corrected chi connectivity index (χ3v) is 17.6. The van der Waals surface area contributed by atoms with Crippen LogP contribution in [0.5, 0.6) is 0 Å². The summed E-state index contributed by atoms with van der Waals surface area (Å²) in [5.74, 6) is -1.62. The van der Waals surface area contributed by atoms with Gasteiger partial charge in [0.2, 0.25) is 11.8 Å². The molecule has 1 aliphatic rings. The van der Waals surface area contributed by atoms with Crippen LogP contribution >= 0.6 is 0 Å². The predicted octanol–water partition coefficient (Wildman–Crippen LogP) is 8.57. The van der Waals surface area contributed by atoms with Crippen LogP contribution in [0.1, 0.15) is 96.4 Å². The number of carbonyl (C=O) groups excluding carboxylic acids is 5. The number of hydrogen-bond acceptors (Lipinski definition) is 8. The Morgan fingerprint density at radius 1 is 0.718 bits per heavy atom. The summed E-state index contributed by atoms with van der Waals surface area (Å²) < 4.78 is 18.9. The van der Waals surface area contributed by atoms with Gasteiger partial charge in [0.15, 0.2) is 0 Å². The molecule has 0 aliphatic heterocycles. The number of ether oxygens (including phenoxy) is 2. The maximum atomic E-state index is 14.3. The third kappa shape index (κ3) is 13.5. The van der Waals surface area contributed by atoms with Gasteiger partial charge >= 0.3 is 18.2 Å². The smallest absolute Gasteiger partial charge is 0.409 e. The summed E-state index contributed by atoms with van der Waals surface area (Å²) in [4.78, 5) is 68.0. The van der Waals surface area contributed by atoms with Crippen molar-refractivity contribution in [1.82, 2.24) is 20.9 Å². The standard InChI is InChI=1S/C56H70N6O8Si/c1-37(2)49(61-53(66)70-55(3,4)5)51(64)60-48(29-20-32-58-52(57)65)50(63)59-40-31-30-38(35-69-71(56(6,7)8,41-21-12-10-13-22-41)42-23-14-11-15-24-42)39(33-40)34-62(9)54(67)68-36-47-45-27-18-16-25-43(45)44-26-17-19-28-46(44)47/h10-19,21-28,30-31,33,37,47-49H,20,29,32,34-36H2,1-9H3,(H,59,63)(H,60,64)(H,61,66)(H3,57,58,65)/t48-,49-/m0/s1. The highest BCUT2D eigenvalue weighted by molar-refractivity contribution is 6.99. The third-order valence-electron chi connectivity index (χ3n) is 12.6. The molecule has 6 rings (SSSR count). The number of nitrogens with two attached hydrogens (primary N) is 1. The van der Waals surface area contributed by atoms with Gasteiger partial charge in [-0.2, -0.15) is 0 Å². The molecule has 14 nitrogen and oxygen atoms in total. The number of hydrogen-bond donors (Lipinski definition) is 5. The fraction of sp³-hybridized carbons (Fsp3) is 0.375. The van der Waals surface area contributed by atoms with Crippen molar-refractivity contribution in [2.24, 2.45) is 11.7 Å². The molecule has 0 aromatic heterocycles. The monoisotopic (exact) mass is 983 g/mol. The molecule has 0 fully saturated rings. The summed E-state index contributed by atoms with van der Waals surface area (Å²) in [5.41, 5.74) is 10.9. The van der Waals surface area contributed by atoms with Crippen molar-refractivity contribution in [1.29, 1.82) is 0 Å². The maximum Gasteiger partial charge on any atom is 0.409 e. The van der Waals surface area contributed by atoms with E-state index in [0.717, 1.165) is 38.2 Å². The second-order valence-corrected chi connectivity index (χ2v) is 24.8. The topological polar surface area (TPSA) is 190 Å². The van der Waals surface area contributed by atoms with E-state index in [0.29, 0.717) is 17.7 Å². The molecule has 1 aliphatic carbocycles. The molecule has 0 spiro atoms. The van der Waals surface area contributed by atoms with Crippen LogP contribution in [-0.4, -0.2) is 81.1 Å². The summed E-state index contributed by atoms with van der Waals surface area (Å²) in [6, 6.07) is 39.6. The van der Waals surface area contributed by atoms with Crippen molar-refractivity contribution in [3.63, 3.8) is 0 Å². The number of carbonyl (C=O) groups is 5. The van der Waals surface area contributed by atoms with Gasteiger partial charge in [-0.25, -0.2) is 14.4 Å². The Hall–Kier alpha value is -6.97. The number of nitrogens with one attached hydrogen (secondary N) is 4. The van der Waals surface area contributed by atoms with E-state index in [1.807, 2.05) is 72.8 Å². The van der Waals surface area contributed by atoms with E-state index in [1.165, 1.54) is 4.90 Å². The predicted molar refractivity (Wildman–Crippen MR) is 281 cm³/mol. The van der Waals surface area contributed by atoms with Gasteiger partial charge in [-0.3, -0.25) is 9.59 Å². The van der Waals surface area contributed by atoms with Gasteiger partial charge in [-0.05, 0) is 100 Å². The highest BCUT2D eigenvalue weighted by Gasteiger charge is 2.50. The van der Waals surface area contributed by atoms with Gasteiger partial charge in [0.25, 0.3) is 8.32 Å². The van der Waals surface area contributed by atoms with Crippen LogP contribution in [0.25, 0.3) is 11.1 Å². The first-order chi connectivity index (χ1) is 33.7. The van der Waals surface area contributed by atoms with Crippen LogP contribution in [0.15, 0.2) is 127 Å². The largest absolute Gasteiger partial charge is 0.448 e. The molecule has 0 saturated carbocycles. The number of anilines is 1. The first-order valence-electron chi connectivity index (χ1n) is 24.3. The minimum atomic E-state index is -3.02. The second kappa shape index (κ2) is 23.3. The molecule has 0 unspecified atom stereocenters. The van der Waals surface area contributed by atoms with E-state index >= 15 is 0 Å². The molecular formula is C56H70N6O8Si. The minimum absolute atomic E-state index is 0.102.